The number of imidazole rings is 4. The first kappa shape index (κ1) is 98.9. The number of rotatable bonds is 26. The van der Waals surface area contributed by atoms with Gasteiger partial charge in [0, 0.05) is 74.1 Å². The van der Waals surface area contributed by atoms with Crippen LogP contribution in [0.2, 0.25) is 0 Å². The van der Waals surface area contributed by atoms with Gasteiger partial charge >= 0.3 is 36.4 Å². The minimum Gasteiger partial charge on any atom is -0.488 e. The number of aromatic amines is 4. The Balaban J connectivity index is 0.000000193. The molecule has 0 radical (unpaired) electrons. The lowest BCUT2D eigenvalue weighted by molar-refractivity contribution is -0.141. The normalized spacial score (nSPS) is 20.5. The zero-order valence-corrected chi connectivity index (χ0v) is 81.2. The molecular formula is C101H130N16O19. The molecule has 4 unspecified atom stereocenters. The predicted octanol–water partition coefficient (Wildman–Crippen LogP) is 16.8. The number of amides is 8. The number of fused-ring (bicyclic) bond motifs is 12. The number of aliphatic carboxylic acids is 1. The van der Waals surface area contributed by atoms with Gasteiger partial charge in [-0.1, -0.05) is 131 Å². The highest BCUT2D eigenvalue weighted by atomic mass is 16.6. The Hall–Kier alpha value is -13.1. The predicted molar refractivity (Wildman–Crippen MR) is 511 cm³/mol. The molecule has 8 amide bonds. The van der Waals surface area contributed by atoms with Crippen molar-refractivity contribution in [3.05, 3.63) is 132 Å². The van der Waals surface area contributed by atoms with Gasteiger partial charge in [0.2, 0.25) is 17.7 Å². The fraction of sp³-hybridized carbons (Fsp3) is 0.515. The standard InChI is InChI=1S/C48H60N8O8.C45H55N7O7.C8H15NO4/c1-9-26(4)40(53-47(59)62-7)45(57)55-21-25(3)15-37(55)43-49-20-36(51-43)30-11-13-32-31(17-30)24-64-39-19-33-29(18-34(32)39)12-14-35-42(33)52-44(50-35)38-16-28(23-61-6)22-56(38)46(58)41(27(5)10-2)54-48(60)63-8;1-9-25(3)38(50-43(54)57-8)42(53)51-20-24(2)14-35(51)40-46-19-34(48-40)28-10-12-30-29(16-28)23-58-37-18-31-27(17-32(30)37)11-13-33-39(31)49-41(47-33)36-15-26(22-56-7)21-52(36)44(55)59-45(4,5)6;1-4-5(2)6(7(10)11)9-8(12)13-3/h11-14,17-20,25-28,37-38,40-41H,9-10,15-16,21-24H2,1-8H3,(H,49,51)(H,50,52)(H,53,59)(H,54,60);10-13,16-19,24-26,35-36,38H,9,14-15,20-23H2,1-8H3,(H,46,48)(H,47,49)(H,50,54);5-6H,4H2,1-3H3,(H,9,12)(H,10,11)/t25-,26-,27?,28-,37?,38-,40-,41?;24-,25-,26-,35?,36-,38-;5-,6-/m000/s1. The first-order valence-corrected chi connectivity index (χ1v) is 47.2. The number of carbonyl (C=O) groups is 9. The summed E-state index contributed by atoms with van der Waals surface area (Å²) in [5.41, 5.74) is 12.6. The Morgan fingerprint density at radius 3 is 1.18 bits per heavy atom. The van der Waals surface area contributed by atoms with Crippen LogP contribution >= 0.6 is 0 Å². The molecule has 35 heteroatoms. The van der Waals surface area contributed by atoms with Gasteiger partial charge in [-0.25, -0.2) is 48.7 Å². The SMILES string of the molecule is CCC(C)C(NC(=O)OC)C(=O)N1C[C@@H](COC)C[C@H]1c1nc2c(ccc3cc4c(cc32)OCc2cc(-c3cnc(C5C[C@H](C)CN5C(=O)[C@@H](NC(=O)OC)[C@@H](C)CC)[nH]3)ccc2-4)[nH]1.CC[C@H](C)[C@H](NC(=O)OC)C(=O)N1C[C@@H](C)CC1c1ncc(-c2ccc3c(c2)COc2cc4c(ccc5[nH]c([C@@H]6C[C@H](COC)CN6C(=O)OC(C)(C)C)nc54)cc2-3)[nH]1.CC[C@H](C)[C@H](NC(=O)OC)C(=O)O. The average molecular weight is 1870 g/mol. The minimum absolute atomic E-state index is 0.0690. The van der Waals surface area contributed by atoms with Crippen LogP contribution in [0.4, 0.5) is 24.0 Å². The highest BCUT2D eigenvalue weighted by Gasteiger charge is 2.47. The van der Waals surface area contributed by atoms with E-state index in [4.69, 9.17) is 62.9 Å². The molecule has 136 heavy (non-hydrogen) atoms. The lowest BCUT2D eigenvalue weighted by atomic mass is 9.92. The van der Waals surface area contributed by atoms with Gasteiger partial charge in [-0.05, 0) is 175 Å². The number of ether oxygens (including phenoxy) is 9. The van der Waals surface area contributed by atoms with Crippen LogP contribution in [0.1, 0.15) is 200 Å². The second-order valence-corrected chi connectivity index (χ2v) is 38.3. The van der Waals surface area contributed by atoms with Gasteiger partial charge in [0.15, 0.2) is 0 Å². The van der Waals surface area contributed by atoms with Crippen molar-refractivity contribution in [1.29, 1.82) is 0 Å². The number of nitrogens with zero attached hydrogens (tertiary/aromatic N) is 8. The summed E-state index contributed by atoms with van der Waals surface area (Å²) >= 11 is 0. The summed E-state index contributed by atoms with van der Waals surface area (Å²) in [6, 6.07) is 25.2. The number of hydrogen-bond acceptors (Lipinski definition) is 22. The first-order chi connectivity index (χ1) is 65.1. The molecule has 9 N–H and O–H groups in total. The molecule has 6 aromatic carbocycles. The number of aromatic nitrogens is 8. The second-order valence-electron chi connectivity index (χ2n) is 38.3. The molecule has 10 heterocycles. The number of methoxy groups -OCH3 is 6. The van der Waals surface area contributed by atoms with E-state index in [1.54, 1.807) is 26.0 Å². The largest absolute Gasteiger partial charge is 0.488 e. The third-order valence-corrected chi connectivity index (χ3v) is 27.6. The molecule has 16 rings (SSSR count). The van der Waals surface area contributed by atoms with Gasteiger partial charge < -0.3 is 104 Å². The minimum atomic E-state index is -1.04. The van der Waals surface area contributed by atoms with Crippen molar-refractivity contribution in [3.8, 4) is 56.3 Å². The highest BCUT2D eigenvalue weighted by Crippen LogP contribution is 2.48. The number of H-pyrrole nitrogens is 4. The van der Waals surface area contributed by atoms with Gasteiger partial charge in [-0.3, -0.25) is 19.3 Å². The molecule has 35 nitrogen and oxygen atoms in total. The van der Waals surface area contributed by atoms with Crippen molar-refractivity contribution in [1.82, 2.24) is 80.7 Å². The molecule has 0 saturated carbocycles. The molecule has 728 valence electrons. The van der Waals surface area contributed by atoms with E-state index < -0.39 is 60.1 Å². The molecule has 0 spiro atoms. The summed E-state index contributed by atoms with van der Waals surface area (Å²) in [5.74, 6) is 3.32. The number of nitrogens with one attached hydrogen (secondary N) is 8. The topological polar surface area (TPSA) is 433 Å². The number of alkyl carbamates (subject to hydrolysis) is 4. The van der Waals surface area contributed by atoms with Crippen molar-refractivity contribution in [2.24, 2.45) is 47.3 Å². The van der Waals surface area contributed by atoms with Gasteiger partial charge in [0.25, 0.3) is 0 Å². The van der Waals surface area contributed by atoms with Crippen LogP contribution in [0.3, 0.4) is 0 Å². The van der Waals surface area contributed by atoms with E-state index in [0.717, 1.165) is 155 Å². The van der Waals surface area contributed by atoms with Crippen LogP contribution < -0.4 is 30.7 Å². The maximum Gasteiger partial charge on any atom is 0.410 e. The molecule has 4 fully saturated rings. The molecule has 4 saturated heterocycles. The molecule has 16 atom stereocenters. The van der Waals surface area contributed by atoms with E-state index in [0.29, 0.717) is 83.5 Å². The smallest absolute Gasteiger partial charge is 0.410 e. The molecule has 6 aliphatic rings. The Labute approximate surface area is 791 Å². The summed E-state index contributed by atoms with van der Waals surface area (Å²) in [7, 11) is 8.45. The monoisotopic (exact) mass is 1870 g/mol. The Bertz CT molecular complexity index is 6060. The van der Waals surface area contributed by atoms with Gasteiger partial charge in [-0.15, -0.1) is 0 Å². The van der Waals surface area contributed by atoms with E-state index in [-0.39, 0.29) is 95.3 Å². The third-order valence-electron chi connectivity index (χ3n) is 27.6. The Morgan fingerprint density at radius 2 is 0.809 bits per heavy atom. The Morgan fingerprint density at radius 1 is 0.449 bits per heavy atom. The lowest BCUT2D eigenvalue weighted by Crippen LogP contribution is -2.51. The second kappa shape index (κ2) is 42.5. The van der Waals surface area contributed by atoms with Crippen LogP contribution in [-0.2, 0) is 65.5 Å². The number of carboxylic acid groups (broad SMARTS) is 1. The van der Waals surface area contributed by atoms with E-state index in [1.807, 2.05) is 108 Å². The van der Waals surface area contributed by atoms with Gasteiger partial charge in [-0.2, -0.15) is 0 Å². The van der Waals surface area contributed by atoms with E-state index in [1.165, 1.54) is 28.4 Å². The van der Waals surface area contributed by atoms with Crippen LogP contribution in [-0.4, -0.2) is 231 Å². The molecule has 6 aliphatic heterocycles. The summed E-state index contributed by atoms with van der Waals surface area (Å²) < 4.78 is 48.6. The average Bonchev–Trinajstić information content (AvgIpc) is 1.43. The van der Waals surface area contributed by atoms with Crippen molar-refractivity contribution in [3.63, 3.8) is 0 Å². The van der Waals surface area contributed by atoms with Crippen LogP contribution in [0, 0.1) is 47.3 Å². The summed E-state index contributed by atoms with van der Waals surface area (Å²) in [5, 5.41) is 23.3. The van der Waals surface area contributed by atoms with E-state index >= 15 is 0 Å². The van der Waals surface area contributed by atoms with Crippen molar-refractivity contribution in [2.75, 3.05) is 82.1 Å². The summed E-state index contributed by atoms with van der Waals surface area (Å²) in [6.45, 7) is 29.3. The van der Waals surface area contributed by atoms with E-state index in [9.17, 15) is 43.2 Å². The zero-order valence-electron chi connectivity index (χ0n) is 81.2. The fourth-order valence-electron chi connectivity index (χ4n) is 19.5. The maximum atomic E-state index is 14.2. The maximum absolute atomic E-state index is 14.2. The molecule has 0 aliphatic carbocycles. The van der Waals surface area contributed by atoms with Crippen molar-refractivity contribution >= 4 is 97.8 Å². The number of likely N-dealkylation sites (tertiary alicyclic amines) is 4. The summed E-state index contributed by atoms with van der Waals surface area (Å²) in [6.07, 6.45) is 6.41. The van der Waals surface area contributed by atoms with E-state index in [2.05, 4.69) is 133 Å². The molecule has 0 bridgehead atoms. The fourth-order valence-corrected chi connectivity index (χ4v) is 19.5. The number of hydrogen-bond donors (Lipinski definition) is 9. The van der Waals surface area contributed by atoms with Crippen LogP contribution in [0.15, 0.2) is 97.3 Å². The van der Waals surface area contributed by atoms with Crippen LogP contribution in [0.25, 0.3) is 88.4 Å². The molecule has 4 aromatic heterocycles. The third kappa shape index (κ3) is 21.3. The molecule has 10 aromatic rings. The van der Waals surface area contributed by atoms with Gasteiger partial charge in [0.1, 0.15) is 77.8 Å². The van der Waals surface area contributed by atoms with Crippen molar-refractivity contribution in [2.45, 2.75) is 209 Å². The zero-order chi connectivity index (χ0) is 97.6. The number of carboxylic acids is 1. The van der Waals surface area contributed by atoms with Crippen molar-refractivity contribution < 1.29 is 90.9 Å². The number of carbonyl (C=O) groups excluding carboxylic acids is 8. The number of benzene rings is 6. The first-order valence-electron chi connectivity index (χ1n) is 47.2. The van der Waals surface area contributed by atoms with Crippen LogP contribution in [0.5, 0.6) is 11.5 Å². The Kier molecular flexibility index (Phi) is 30.9. The highest BCUT2D eigenvalue weighted by molar-refractivity contribution is 6.08. The lowest BCUT2D eigenvalue weighted by Gasteiger charge is -2.30. The van der Waals surface area contributed by atoms with Gasteiger partial charge in [0.05, 0.1) is 112 Å². The summed E-state index contributed by atoms with van der Waals surface area (Å²) in [4.78, 5) is 155. The molecular weight excluding hydrogens is 1740 g/mol. The quantitative estimate of drug-likeness (QED) is 0.0227.